The van der Waals surface area contributed by atoms with Crippen molar-refractivity contribution in [2.75, 3.05) is 39.9 Å². The highest BCUT2D eigenvalue weighted by molar-refractivity contribution is 6.35. The fraction of sp³-hybridized carbons (Fsp3) is 0.500. The summed E-state index contributed by atoms with van der Waals surface area (Å²) in [4.78, 5) is 39.2. The number of carbonyl (C=O) groups excluding carboxylic acids is 3. The molecule has 7 nitrogen and oxygen atoms in total. The minimum Gasteiger partial charge on any atom is -0.385 e. The van der Waals surface area contributed by atoms with Gasteiger partial charge in [0.1, 0.15) is 6.54 Å². The van der Waals surface area contributed by atoms with Crippen molar-refractivity contribution in [3.8, 4) is 0 Å². The number of hydrogen-bond donors (Lipinski definition) is 1. The summed E-state index contributed by atoms with van der Waals surface area (Å²) in [5, 5.41) is 2.72. The van der Waals surface area contributed by atoms with Gasteiger partial charge in [-0.15, -0.1) is 0 Å². The predicted octanol–water partition coefficient (Wildman–Crippen LogP) is 0.319. The first-order valence-electron chi connectivity index (χ1n) is 8.40. The third kappa shape index (κ3) is 5.56. The predicted molar refractivity (Wildman–Crippen MR) is 92.7 cm³/mol. The van der Waals surface area contributed by atoms with Gasteiger partial charge >= 0.3 is 11.8 Å². The van der Waals surface area contributed by atoms with Gasteiger partial charge in [0.2, 0.25) is 5.91 Å². The maximum absolute atomic E-state index is 12.3. The van der Waals surface area contributed by atoms with Crippen molar-refractivity contribution in [1.29, 1.82) is 0 Å². The van der Waals surface area contributed by atoms with E-state index in [0.717, 1.165) is 11.1 Å². The first-order valence-corrected chi connectivity index (χ1v) is 8.40. The van der Waals surface area contributed by atoms with Crippen molar-refractivity contribution in [2.24, 2.45) is 0 Å². The number of amides is 3. The van der Waals surface area contributed by atoms with E-state index in [9.17, 15) is 14.4 Å². The molecule has 0 aromatic heterocycles. The van der Waals surface area contributed by atoms with Crippen LogP contribution in [-0.2, 0) is 25.7 Å². The quantitative estimate of drug-likeness (QED) is 0.543. The van der Waals surface area contributed by atoms with E-state index in [1.165, 1.54) is 9.80 Å². The van der Waals surface area contributed by atoms with Crippen molar-refractivity contribution in [2.45, 2.75) is 19.9 Å². The first-order chi connectivity index (χ1) is 12.0. The molecule has 1 fully saturated rings. The second kappa shape index (κ2) is 9.17. The van der Waals surface area contributed by atoms with Crippen LogP contribution in [0.25, 0.3) is 0 Å². The number of rotatable bonds is 8. The van der Waals surface area contributed by atoms with Crippen LogP contribution in [0.3, 0.4) is 0 Å². The smallest absolute Gasteiger partial charge is 0.312 e. The van der Waals surface area contributed by atoms with E-state index in [-0.39, 0.29) is 12.5 Å². The number of ether oxygens (including phenoxy) is 1. The summed E-state index contributed by atoms with van der Waals surface area (Å²) < 4.78 is 4.91. The molecule has 1 N–H and O–H groups in total. The van der Waals surface area contributed by atoms with Gasteiger partial charge in [0.15, 0.2) is 0 Å². The van der Waals surface area contributed by atoms with Gasteiger partial charge in [-0.1, -0.05) is 29.8 Å². The van der Waals surface area contributed by atoms with Crippen LogP contribution in [-0.4, -0.2) is 67.4 Å². The Balaban J connectivity index is 1.84. The Labute approximate surface area is 147 Å². The maximum atomic E-state index is 12.3. The van der Waals surface area contributed by atoms with Crippen LogP contribution >= 0.6 is 0 Å². The summed E-state index contributed by atoms with van der Waals surface area (Å²) in [6.45, 7) is 4.15. The zero-order valence-corrected chi connectivity index (χ0v) is 14.8. The maximum Gasteiger partial charge on any atom is 0.312 e. The van der Waals surface area contributed by atoms with E-state index in [1.807, 2.05) is 31.2 Å². The molecule has 0 spiro atoms. The summed E-state index contributed by atoms with van der Waals surface area (Å²) in [5.41, 5.74) is 2.10. The van der Waals surface area contributed by atoms with E-state index < -0.39 is 11.8 Å². The monoisotopic (exact) mass is 347 g/mol. The molecule has 3 amide bonds. The highest BCUT2D eigenvalue weighted by Crippen LogP contribution is 2.12. The van der Waals surface area contributed by atoms with Crippen LogP contribution in [0.4, 0.5) is 0 Å². The third-order valence-corrected chi connectivity index (χ3v) is 4.04. The number of carbonyl (C=O) groups is 3. The Bertz CT molecular complexity index is 633. The van der Waals surface area contributed by atoms with Gasteiger partial charge in [-0.25, -0.2) is 0 Å². The van der Waals surface area contributed by atoms with Crippen molar-refractivity contribution in [3.63, 3.8) is 0 Å². The van der Waals surface area contributed by atoms with E-state index in [1.54, 1.807) is 7.11 Å². The number of nitrogens with zero attached hydrogens (tertiary/aromatic N) is 2. The minimum atomic E-state index is -0.619. The summed E-state index contributed by atoms with van der Waals surface area (Å²) in [5.74, 6) is -1.43. The minimum absolute atomic E-state index is 0.0875. The molecule has 25 heavy (non-hydrogen) atoms. The SMILES string of the molecule is COCCCNC(=O)CN1CCN(Cc2cccc(C)c2)C(=O)C1=O. The van der Waals surface area contributed by atoms with Crippen molar-refractivity contribution in [3.05, 3.63) is 35.4 Å². The number of aryl methyl sites for hydroxylation is 1. The third-order valence-electron chi connectivity index (χ3n) is 4.04. The molecule has 1 aromatic rings. The number of nitrogens with one attached hydrogen (secondary N) is 1. The Hall–Kier alpha value is -2.41. The van der Waals surface area contributed by atoms with Gasteiger partial charge in [-0.2, -0.15) is 0 Å². The van der Waals surface area contributed by atoms with Crippen LogP contribution in [0.2, 0.25) is 0 Å². The zero-order chi connectivity index (χ0) is 18.2. The van der Waals surface area contributed by atoms with Crippen molar-refractivity contribution in [1.82, 2.24) is 15.1 Å². The first kappa shape index (κ1) is 18.9. The molecule has 1 aliphatic heterocycles. The average molecular weight is 347 g/mol. The van der Waals surface area contributed by atoms with E-state index in [2.05, 4.69) is 5.32 Å². The molecule has 2 rings (SSSR count). The van der Waals surface area contributed by atoms with Crippen LogP contribution in [0.5, 0.6) is 0 Å². The van der Waals surface area contributed by atoms with E-state index in [0.29, 0.717) is 39.2 Å². The standard InChI is InChI=1S/C18H25N3O4/c1-14-5-3-6-15(11-14)12-20-8-9-21(18(24)17(20)23)13-16(22)19-7-4-10-25-2/h3,5-6,11H,4,7-10,12-13H2,1-2H3,(H,19,22). The lowest BCUT2D eigenvalue weighted by molar-refractivity contribution is -0.157. The highest BCUT2D eigenvalue weighted by atomic mass is 16.5. The average Bonchev–Trinajstić information content (AvgIpc) is 2.58. The Morgan fingerprint density at radius 3 is 2.64 bits per heavy atom. The Morgan fingerprint density at radius 2 is 1.92 bits per heavy atom. The molecule has 136 valence electrons. The summed E-state index contributed by atoms with van der Waals surface area (Å²) >= 11 is 0. The molecule has 7 heteroatoms. The Morgan fingerprint density at radius 1 is 1.20 bits per heavy atom. The summed E-state index contributed by atoms with van der Waals surface area (Å²) in [7, 11) is 1.60. The molecular formula is C18H25N3O4. The number of methoxy groups -OCH3 is 1. The van der Waals surface area contributed by atoms with Gasteiger partial charge < -0.3 is 19.9 Å². The van der Waals surface area contributed by atoms with Gasteiger partial charge in [0.25, 0.3) is 0 Å². The lowest BCUT2D eigenvalue weighted by atomic mass is 10.1. The van der Waals surface area contributed by atoms with Crippen LogP contribution in [0.1, 0.15) is 17.5 Å². The van der Waals surface area contributed by atoms with Crippen LogP contribution in [0.15, 0.2) is 24.3 Å². The van der Waals surface area contributed by atoms with Gasteiger partial charge in [-0.05, 0) is 18.9 Å². The van der Waals surface area contributed by atoms with E-state index >= 15 is 0 Å². The van der Waals surface area contributed by atoms with Crippen LogP contribution < -0.4 is 5.32 Å². The van der Waals surface area contributed by atoms with Gasteiger partial charge in [-0.3, -0.25) is 14.4 Å². The molecule has 0 atom stereocenters. The number of benzene rings is 1. The lowest BCUT2D eigenvalue weighted by Crippen LogP contribution is -2.56. The molecule has 0 unspecified atom stereocenters. The van der Waals surface area contributed by atoms with Gasteiger partial charge in [0, 0.05) is 39.9 Å². The zero-order valence-electron chi connectivity index (χ0n) is 14.8. The molecule has 1 aromatic carbocycles. The Kier molecular flexibility index (Phi) is 6.94. The molecular weight excluding hydrogens is 322 g/mol. The topological polar surface area (TPSA) is 79.0 Å². The molecule has 1 saturated heterocycles. The number of hydrogen-bond acceptors (Lipinski definition) is 4. The second-order valence-electron chi connectivity index (χ2n) is 6.14. The van der Waals surface area contributed by atoms with Gasteiger partial charge in [0.05, 0.1) is 0 Å². The summed E-state index contributed by atoms with van der Waals surface area (Å²) in [6, 6.07) is 7.85. The highest BCUT2D eigenvalue weighted by Gasteiger charge is 2.33. The van der Waals surface area contributed by atoms with Crippen LogP contribution in [0, 0.1) is 6.92 Å². The summed E-state index contributed by atoms with van der Waals surface area (Å²) in [6.07, 6.45) is 0.708. The normalized spacial score (nSPS) is 14.8. The fourth-order valence-electron chi connectivity index (χ4n) is 2.72. The molecule has 0 aliphatic carbocycles. The van der Waals surface area contributed by atoms with E-state index in [4.69, 9.17) is 4.74 Å². The second-order valence-corrected chi connectivity index (χ2v) is 6.14. The number of piperazine rings is 1. The molecule has 0 bridgehead atoms. The van der Waals surface area contributed by atoms with Crippen molar-refractivity contribution < 1.29 is 19.1 Å². The molecule has 1 aliphatic rings. The van der Waals surface area contributed by atoms with Crippen molar-refractivity contribution >= 4 is 17.7 Å². The molecule has 0 saturated carbocycles. The lowest BCUT2D eigenvalue weighted by Gasteiger charge is -2.33. The molecule has 1 heterocycles. The largest absolute Gasteiger partial charge is 0.385 e. The fourth-order valence-corrected chi connectivity index (χ4v) is 2.72. The molecule has 0 radical (unpaired) electrons.